The van der Waals surface area contributed by atoms with E-state index in [1.165, 1.54) is 23.5 Å². The van der Waals surface area contributed by atoms with Crippen molar-refractivity contribution in [3.63, 3.8) is 0 Å². The number of nitrogens with one attached hydrogen (secondary N) is 1. The van der Waals surface area contributed by atoms with Crippen LogP contribution < -0.4 is 5.32 Å². The first-order chi connectivity index (χ1) is 9.85. The molecule has 1 fully saturated rings. The topological polar surface area (TPSA) is 28.2 Å². The van der Waals surface area contributed by atoms with E-state index < -0.39 is 11.9 Å². The summed E-state index contributed by atoms with van der Waals surface area (Å²) >= 11 is 1.67. The zero-order chi connectivity index (χ0) is 15.2. The third-order valence-electron chi connectivity index (χ3n) is 4.28. The molecule has 1 aliphatic heterocycles. The van der Waals surface area contributed by atoms with Crippen LogP contribution in [0.4, 0.5) is 14.5 Å². The molecule has 1 aromatic rings. The Kier molecular flexibility index (Phi) is 3.59. The molecule has 0 amide bonds. The van der Waals surface area contributed by atoms with Gasteiger partial charge in [0.2, 0.25) is 11.9 Å². The minimum atomic E-state index is -0.805. The Balaban J connectivity index is 1.78. The number of hydrogen-bond donors (Lipinski definition) is 1. The zero-order valence-corrected chi connectivity index (χ0v) is 13.2. The van der Waals surface area contributed by atoms with Gasteiger partial charge in [0.15, 0.2) is 5.50 Å². The lowest BCUT2D eigenvalue weighted by atomic mass is 9.67. The lowest BCUT2D eigenvalue weighted by molar-refractivity contribution is 0.0287. The predicted molar refractivity (Wildman–Crippen MR) is 81.6 cm³/mol. The molecule has 0 bridgehead atoms. The second-order valence-corrected chi connectivity index (χ2v) is 7.67. The number of nitrogens with zero attached hydrogens (tertiary/aromatic N) is 2. The van der Waals surface area contributed by atoms with Crippen LogP contribution >= 0.6 is 11.8 Å². The molecule has 0 spiro atoms. The van der Waals surface area contributed by atoms with E-state index in [9.17, 15) is 8.78 Å². The molecule has 1 aromatic heterocycles. The van der Waals surface area contributed by atoms with E-state index in [2.05, 4.69) is 42.2 Å². The van der Waals surface area contributed by atoms with Gasteiger partial charge in [-0.1, -0.05) is 25.6 Å². The van der Waals surface area contributed by atoms with Crippen LogP contribution in [-0.2, 0) is 0 Å². The van der Waals surface area contributed by atoms with Crippen LogP contribution in [0.5, 0.6) is 0 Å². The quantitative estimate of drug-likeness (QED) is 0.849. The van der Waals surface area contributed by atoms with Crippen molar-refractivity contribution in [2.75, 3.05) is 5.32 Å². The highest BCUT2D eigenvalue weighted by Gasteiger charge is 2.45. The zero-order valence-electron chi connectivity index (χ0n) is 12.4. The van der Waals surface area contributed by atoms with Gasteiger partial charge in [0.1, 0.15) is 0 Å². The van der Waals surface area contributed by atoms with E-state index in [-0.39, 0.29) is 10.9 Å². The molecule has 1 aliphatic carbocycles. The van der Waals surface area contributed by atoms with Gasteiger partial charge in [-0.05, 0) is 25.2 Å². The van der Waals surface area contributed by atoms with Crippen LogP contribution in [0.2, 0.25) is 0 Å². The average Bonchev–Trinajstić information content (AvgIpc) is 2.67. The standard InChI is InChI=1S/C15H19F2N3S/c1-9-8-20(11-4-5-15(11,2)3)14(21-9)18-10-6-12(16)19-13(17)7-10/h6-8,11,14H,4-5H2,1-3H3,(H,18,19). The lowest BCUT2D eigenvalue weighted by Gasteiger charge is -2.51. The largest absolute Gasteiger partial charge is 0.356 e. The summed E-state index contributed by atoms with van der Waals surface area (Å²) in [5.74, 6) is -1.61. The number of thioether (sulfide) groups is 1. The summed E-state index contributed by atoms with van der Waals surface area (Å²) in [6, 6.07) is 2.90. The first kappa shape index (κ1) is 14.6. The molecule has 1 N–H and O–H groups in total. The first-order valence-corrected chi connectivity index (χ1v) is 7.95. The van der Waals surface area contributed by atoms with Crippen molar-refractivity contribution < 1.29 is 8.78 Å². The molecule has 0 aromatic carbocycles. The van der Waals surface area contributed by atoms with E-state index in [1.54, 1.807) is 11.8 Å². The van der Waals surface area contributed by atoms with Gasteiger partial charge in [-0.25, -0.2) is 0 Å². The van der Waals surface area contributed by atoms with Gasteiger partial charge in [0, 0.05) is 35.0 Å². The van der Waals surface area contributed by atoms with Crippen molar-refractivity contribution in [1.29, 1.82) is 0 Å². The van der Waals surface area contributed by atoms with Gasteiger partial charge in [0.05, 0.1) is 0 Å². The maximum Gasteiger partial charge on any atom is 0.217 e. The molecule has 2 heterocycles. The molecule has 2 unspecified atom stereocenters. The number of allylic oxidation sites excluding steroid dienone is 1. The third kappa shape index (κ3) is 2.86. The summed E-state index contributed by atoms with van der Waals surface area (Å²) in [5, 5.41) is 3.21. The van der Waals surface area contributed by atoms with Gasteiger partial charge in [-0.3, -0.25) is 0 Å². The van der Waals surface area contributed by atoms with Crippen LogP contribution in [0, 0.1) is 17.3 Å². The third-order valence-corrected chi connectivity index (χ3v) is 5.34. The molecule has 1 saturated carbocycles. The average molecular weight is 311 g/mol. The number of pyridine rings is 1. The SMILES string of the molecule is CC1=CN(C2CCC2(C)C)C(Nc2cc(F)nc(F)c2)S1. The Labute approximate surface area is 127 Å². The number of aromatic nitrogens is 1. The van der Waals surface area contributed by atoms with Gasteiger partial charge >= 0.3 is 0 Å². The number of hydrogen-bond acceptors (Lipinski definition) is 4. The van der Waals surface area contributed by atoms with Gasteiger partial charge in [-0.15, -0.1) is 0 Å². The van der Waals surface area contributed by atoms with E-state index in [1.807, 2.05) is 0 Å². The van der Waals surface area contributed by atoms with E-state index in [0.717, 1.165) is 6.42 Å². The minimum Gasteiger partial charge on any atom is -0.356 e. The van der Waals surface area contributed by atoms with Gasteiger partial charge in [0.25, 0.3) is 0 Å². The number of halogens is 2. The van der Waals surface area contributed by atoms with Crippen LogP contribution in [0.1, 0.15) is 33.6 Å². The fourth-order valence-corrected chi connectivity index (χ4v) is 4.06. The molecule has 21 heavy (non-hydrogen) atoms. The highest BCUT2D eigenvalue weighted by molar-refractivity contribution is 8.03. The Hall–Kier alpha value is -1.30. The maximum atomic E-state index is 13.2. The number of rotatable bonds is 3. The first-order valence-electron chi connectivity index (χ1n) is 7.07. The van der Waals surface area contributed by atoms with Gasteiger partial charge < -0.3 is 10.2 Å². The monoisotopic (exact) mass is 311 g/mol. The van der Waals surface area contributed by atoms with Crippen molar-refractivity contribution in [2.45, 2.75) is 45.2 Å². The van der Waals surface area contributed by atoms with Crippen molar-refractivity contribution in [1.82, 2.24) is 9.88 Å². The molecule has 114 valence electrons. The van der Waals surface area contributed by atoms with Crippen molar-refractivity contribution in [2.24, 2.45) is 5.41 Å². The molecule has 2 aliphatic rings. The van der Waals surface area contributed by atoms with Crippen molar-refractivity contribution in [3.8, 4) is 0 Å². The minimum absolute atomic E-state index is 0.0317. The molecule has 2 atom stereocenters. The molecule has 3 nitrogen and oxygen atoms in total. The van der Waals surface area contributed by atoms with Crippen molar-refractivity contribution >= 4 is 17.4 Å². The molecule has 6 heteroatoms. The van der Waals surface area contributed by atoms with E-state index in [4.69, 9.17) is 0 Å². The Morgan fingerprint density at radius 1 is 1.33 bits per heavy atom. The van der Waals surface area contributed by atoms with Crippen LogP contribution in [0.25, 0.3) is 0 Å². The highest BCUT2D eigenvalue weighted by Crippen LogP contribution is 2.48. The highest BCUT2D eigenvalue weighted by atomic mass is 32.2. The second-order valence-electron chi connectivity index (χ2n) is 6.35. The molecule has 0 radical (unpaired) electrons. The smallest absolute Gasteiger partial charge is 0.217 e. The maximum absolute atomic E-state index is 13.2. The molecular formula is C15H19F2N3S. The van der Waals surface area contributed by atoms with E-state index in [0.29, 0.717) is 11.7 Å². The Bertz CT molecular complexity index is 568. The molecular weight excluding hydrogens is 292 g/mol. The number of anilines is 1. The van der Waals surface area contributed by atoms with E-state index >= 15 is 0 Å². The predicted octanol–water partition coefficient (Wildman–Crippen LogP) is 4.15. The molecule has 0 saturated heterocycles. The lowest BCUT2D eigenvalue weighted by Crippen LogP contribution is -2.53. The summed E-state index contributed by atoms with van der Waals surface area (Å²) in [4.78, 5) is 6.60. The Morgan fingerprint density at radius 3 is 2.52 bits per heavy atom. The summed E-state index contributed by atoms with van der Waals surface area (Å²) < 4.78 is 26.4. The summed E-state index contributed by atoms with van der Waals surface area (Å²) in [5.41, 5.74) is 0.662. The normalized spacial score (nSPS) is 27.3. The van der Waals surface area contributed by atoms with Crippen LogP contribution in [0.3, 0.4) is 0 Å². The summed E-state index contributed by atoms with van der Waals surface area (Å²) in [6.45, 7) is 6.57. The second kappa shape index (κ2) is 5.16. The summed E-state index contributed by atoms with van der Waals surface area (Å²) in [7, 11) is 0. The fourth-order valence-electron chi connectivity index (χ4n) is 3.00. The van der Waals surface area contributed by atoms with Crippen molar-refractivity contribution in [3.05, 3.63) is 35.1 Å². The van der Waals surface area contributed by atoms with Gasteiger partial charge in [-0.2, -0.15) is 13.8 Å². The summed E-state index contributed by atoms with van der Waals surface area (Å²) in [6.07, 6.45) is 4.49. The van der Waals surface area contributed by atoms with Crippen LogP contribution in [0.15, 0.2) is 23.2 Å². The Morgan fingerprint density at radius 2 is 2.00 bits per heavy atom. The van der Waals surface area contributed by atoms with Crippen LogP contribution in [-0.4, -0.2) is 21.4 Å². The fraction of sp³-hybridized carbons (Fsp3) is 0.533. The molecule has 3 rings (SSSR count).